The number of nitrogens with zero attached hydrogens (tertiary/aromatic N) is 2. The van der Waals surface area contributed by atoms with Crippen molar-refractivity contribution in [3.05, 3.63) is 77.1 Å². The van der Waals surface area contributed by atoms with Gasteiger partial charge in [-0.3, -0.25) is 9.36 Å². The number of ether oxygens (including phenoxy) is 3. The highest BCUT2D eigenvalue weighted by Crippen LogP contribution is 2.33. The van der Waals surface area contributed by atoms with Gasteiger partial charge in [-0.2, -0.15) is 0 Å². The molecular formula is C24H24N2O5S2. The number of aromatic nitrogens is 1. The minimum absolute atomic E-state index is 0.208. The summed E-state index contributed by atoms with van der Waals surface area (Å²) in [4.78, 5) is 32.4. The minimum atomic E-state index is -0.572. The van der Waals surface area contributed by atoms with Gasteiger partial charge in [-0.25, -0.2) is 9.79 Å². The molecule has 4 rings (SSSR count). The SMILES string of the molecule is CCOC(=O)C1=C(C)N=c2s/c(=C\c3ccc(OC)c(OCC)c3)c(=O)n2[C@@H]1c1cccs1. The topological polar surface area (TPSA) is 79.1 Å². The number of hydrogen-bond donors (Lipinski definition) is 0. The van der Waals surface area contributed by atoms with Crippen molar-refractivity contribution >= 4 is 34.7 Å². The lowest BCUT2D eigenvalue weighted by atomic mass is 10.0. The fraction of sp³-hybridized carbons (Fsp3) is 0.292. The summed E-state index contributed by atoms with van der Waals surface area (Å²) in [5.74, 6) is 0.782. The third kappa shape index (κ3) is 4.38. The van der Waals surface area contributed by atoms with Crippen molar-refractivity contribution in [1.82, 2.24) is 4.57 Å². The van der Waals surface area contributed by atoms with Gasteiger partial charge >= 0.3 is 5.97 Å². The van der Waals surface area contributed by atoms with E-state index < -0.39 is 12.0 Å². The van der Waals surface area contributed by atoms with Crippen LogP contribution in [-0.4, -0.2) is 30.9 Å². The molecule has 9 heteroatoms. The molecule has 33 heavy (non-hydrogen) atoms. The number of hydrogen-bond acceptors (Lipinski definition) is 8. The Hall–Kier alpha value is -3.17. The average molecular weight is 485 g/mol. The monoisotopic (exact) mass is 484 g/mol. The largest absolute Gasteiger partial charge is 0.493 e. The van der Waals surface area contributed by atoms with E-state index in [0.29, 0.717) is 38.7 Å². The molecule has 2 aromatic heterocycles. The van der Waals surface area contributed by atoms with Gasteiger partial charge in [-0.05, 0) is 56.0 Å². The molecule has 0 radical (unpaired) electrons. The van der Waals surface area contributed by atoms with Gasteiger partial charge in [0.15, 0.2) is 16.3 Å². The predicted molar refractivity (Wildman–Crippen MR) is 129 cm³/mol. The Labute approximate surface area is 198 Å². The van der Waals surface area contributed by atoms with E-state index in [-0.39, 0.29) is 12.2 Å². The van der Waals surface area contributed by atoms with Crippen molar-refractivity contribution in [3.63, 3.8) is 0 Å². The third-order valence-electron chi connectivity index (χ3n) is 5.11. The van der Waals surface area contributed by atoms with E-state index >= 15 is 0 Å². The number of thiazole rings is 1. The van der Waals surface area contributed by atoms with Gasteiger partial charge in [0.05, 0.1) is 36.1 Å². The van der Waals surface area contributed by atoms with Crippen LogP contribution in [-0.2, 0) is 9.53 Å². The maximum atomic E-state index is 13.5. The standard InChI is InChI=1S/C24H24N2O5S2/c1-5-30-17-12-15(9-10-16(17)29-4)13-19-22(27)26-21(18-8-7-11-32-18)20(23(28)31-6-2)14(3)25-24(26)33-19/h7-13,21H,5-6H2,1-4H3/b19-13-/t21-/m1/s1. The number of benzene rings is 1. The van der Waals surface area contributed by atoms with Gasteiger partial charge in [0.2, 0.25) is 0 Å². The summed E-state index contributed by atoms with van der Waals surface area (Å²) in [7, 11) is 1.59. The number of methoxy groups -OCH3 is 1. The van der Waals surface area contributed by atoms with Crippen LogP contribution in [0.1, 0.15) is 37.3 Å². The van der Waals surface area contributed by atoms with E-state index in [1.54, 1.807) is 31.6 Å². The van der Waals surface area contributed by atoms with Crippen molar-refractivity contribution in [3.8, 4) is 11.5 Å². The fourth-order valence-electron chi connectivity index (χ4n) is 3.71. The van der Waals surface area contributed by atoms with Crippen LogP contribution < -0.4 is 24.4 Å². The molecule has 0 saturated heterocycles. The average Bonchev–Trinajstić information content (AvgIpc) is 3.42. The van der Waals surface area contributed by atoms with E-state index in [0.717, 1.165) is 10.4 Å². The molecule has 0 N–H and O–H groups in total. The highest BCUT2D eigenvalue weighted by atomic mass is 32.1. The molecule has 3 heterocycles. The van der Waals surface area contributed by atoms with Crippen LogP contribution in [0, 0.1) is 0 Å². The first-order valence-corrected chi connectivity index (χ1v) is 12.2. The summed E-state index contributed by atoms with van der Waals surface area (Å²) >= 11 is 2.78. The molecule has 1 aliphatic rings. The summed E-state index contributed by atoms with van der Waals surface area (Å²) < 4.78 is 18.4. The maximum absolute atomic E-state index is 13.5. The Morgan fingerprint density at radius 1 is 1.21 bits per heavy atom. The first kappa shape index (κ1) is 23.0. The number of rotatable bonds is 7. The zero-order valence-electron chi connectivity index (χ0n) is 18.8. The zero-order valence-corrected chi connectivity index (χ0v) is 20.4. The van der Waals surface area contributed by atoms with Gasteiger partial charge < -0.3 is 14.2 Å². The Morgan fingerprint density at radius 2 is 2.03 bits per heavy atom. The van der Waals surface area contributed by atoms with Crippen LogP contribution >= 0.6 is 22.7 Å². The predicted octanol–water partition coefficient (Wildman–Crippen LogP) is 3.27. The number of carbonyl (C=O) groups is 1. The number of fused-ring (bicyclic) bond motifs is 1. The number of thiophene rings is 1. The van der Waals surface area contributed by atoms with Gasteiger partial charge in [-0.1, -0.05) is 23.5 Å². The van der Waals surface area contributed by atoms with Crippen molar-refractivity contribution in [2.24, 2.45) is 4.99 Å². The quantitative estimate of drug-likeness (QED) is 0.481. The summed E-state index contributed by atoms with van der Waals surface area (Å²) in [6.45, 7) is 6.18. The highest BCUT2D eigenvalue weighted by molar-refractivity contribution is 7.10. The smallest absolute Gasteiger partial charge is 0.338 e. The molecule has 0 aliphatic carbocycles. The number of esters is 1. The summed E-state index contributed by atoms with van der Waals surface area (Å²) in [5.41, 5.74) is 1.54. The van der Waals surface area contributed by atoms with Crippen molar-refractivity contribution in [2.75, 3.05) is 20.3 Å². The Kier molecular flexibility index (Phi) is 6.80. The third-order valence-corrected chi connectivity index (χ3v) is 7.02. The first-order chi connectivity index (χ1) is 16.0. The molecule has 0 spiro atoms. The molecule has 1 aromatic carbocycles. The lowest BCUT2D eigenvalue weighted by Crippen LogP contribution is -2.39. The van der Waals surface area contributed by atoms with Crippen LogP contribution in [0.3, 0.4) is 0 Å². The van der Waals surface area contributed by atoms with E-state index in [4.69, 9.17) is 14.2 Å². The van der Waals surface area contributed by atoms with Gasteiger partial charge in [0.25, 0.3) is 5.56 Å². The molecule has 0 bridgehead atoms. The molecule has 172 valence electrons. The maximum Gasteiger partial charge on any atom is 0.338 e. The lowest BCUT2D eigenvalue weighted by Gasteiger charge is -2.23. The number of allylic oxidation sites excluding steroid dienone is 1. The van der Waals surface area contributed by atoms with Crippen LogP contribution in [0.25, 0.3) is 6.08 Å². The molecule has 7 nitrogen and oxygen atoms in total. The molecule has 1 aliphatic heterocycles. The second-order valence-electron chi connectivity index (χ2n) is 7.16. The number of carbonyl (C=O) groups excluding carboxylic acids is 1. The molecule has 0 fully saturated rings. The van der Waals surface area contributed by atoms with Crippen molar-refractivity contribution in [1.29, 1.82) is 0 Å². The van der Waals surface area contributed by atoms with Gasteiger partial charge in [-0.15, -0.1) is 11.3 Å². The fourth-order valence-corrected chi connectivity index (χ4v) is 5.58. The van der Waals surface area contributed by atoms with Crippen LogP contribution in [0.15, 0.2) is 56.8 Å². The molecule has 0 amide bonds. The van der Waals surface area contributed by atoms with Crippen molar-refractivity contribution < 1.29 is 19.0 Å². The minimum Gasteiger partial charge on any atom is -0.493 e. The lowest BCUT2D eigenvalue weighted by molar-refractivity contribution is -0.139. The van der Waals surface area contributed by atoms with E-state index in [1.165, 1.54) is 22.7 Å². The molecule has 0 saturated carbocycles. The Balaban J connectivity index is 1.88. The molecule has 1 atom stereocenters. The van der Waals surface area contributed by atoms with E-state index in [9.17, 15) is 9.59 Å². The molecular weight excluding hydrogens is 460 g/mol. The molecule has 0 unspecified atom stereocenters. The van der Waals surface area contributed by atoms with Crippen LogP contribution in [0.4, 0.5) is 0 Å². The summed E-state index contributed by atoms with van der Waals surface area (Å²) in [6.07, 6.45) is 1.81. The highest BCUT2D eigenvalue weighted by Gasteiger charge is 2.33. The summed E-state index contributed by atoms with van der Waals surface area (Å²) in [5, 5.41) is 1.93. The van der Waals surface area contributed by atoms with Crippen LogP contribution in [0.5, 0.6) is 11.5 Å². The van der Waals surface area contributed by atoms with E-state index in [1.807, 2.05) is 42.6 Å². The van der Waals surface area contributed by atoms with Gasteiger partial charge in [0.1, 0.15) is 6.04 Å². The Bertz CT molecular complexity index is 1380. The second-order valence-corrected chi connectivity index (χ2v) is 9.15. The van der Waals surface area contributed by atoms with Gasteiger partial charge in [0, 0.05) is 4.88 Å². The summed E-state index contributed by atoms with van der Waals surface area (Å²) in [6, 6.07) is 8.77. The molecule has 3 aromatic rings. The van der Waals surface area contributed by atoms with Crippen LogP contribution in [0.2, 0.25) is 0 Å². The van der Waals surface area contributed by atoms with E-state index in [2.05, 4.69) is 4.99 Å². The zero-order chi connectivity index (χ0) is 23.5. The Morgan fingerprint density at radius 3 is 2.70 bits per heavy atom. The first-order valence-electron chi connectivity index (χ1n) is 10.5. The normalized spacial score (nSPS) is 15.8. The van der Waals surface area contributed by atoms with Crippen molar-refractivity contribution in [2.45, 2.75) is 26.8 Å². The second kappa shape index (κ2) is 9.76.